The number of likely N-dealkylation sites (tertiary alicyclic amines) is 1. The van der Waals surface area contributed by atoms with Crippen LogP contribution in [0.2, 0.25) is 0 Å². The van der Waals surface area contributed by atoms with Crippen LogP contribution in [-0.4, -0.2) is 63.0 Å². The van der Waals surface area contributed by atoms with Crippen molar-refractivity contribution in [1.82, 2.24) is 14.9 Å². The summed E-state index contributed by atoms with van der Waals surface area (Å²) < 4.78 is 5.48. The van der Waals surface area contributed by atoms with Gasteiger partial charge >= 0.3 is 6.01 Å². The van der Waals surface area contributed by atoms with Crippen LogP contribution in [0.3, 0.4) is 0 Å². The molecule has 5 N–H and O–H groups in total. The van der Waals surface area contributed by atoms with Crippen LogP contribution < -0.4 is 20.7 Å². The molecule has 1 aromatic heterocycles. The standard InChI is InChI=1S/C22H30N6O4/c1-22(30,31)7-10-32-21-25-19(23)18-20(26-21)28(14-17(29)24-18)13-16-6-4-5-15(11-16)12-27-8-2-3-9-27/h4-6,11,30-31H,2-3,7-10,12-14H2,1H3,(H,24,29)(H2,23,25,26). The van der Waals surface area contributed by atoms with Gasteiger partial charge in [0.25, 0.3) is 0 Å². The summed E-state index contributed by atoms with van der Waals surface area (Å²) in [7, 11) is 0. The van der Waals surface area contributed by atoms with Gasteiger partial charge in [0.1, 0.15) is 5.69 Å². The number of nitrogens with one attached hydrogen (secondary N) is 1. The molecule has 0 unspecified atom stereocenters. The van der Waals surface area contributed by atoms with Gasteiger partial charge in [-0.15, -0.1) is 0 Å². The van der Waals surface area contributed by atoms with Crippen molar-refractivity contribution in [1.29, 1.82) is 0 Å². The summed E-state index contributed by atoms with van der Waals surface area (Å²) in [4.78, 5) is 25.1. The minimum Gasteiger partial charge on any atom is -0.463 e. The highest BCUT2D eigenvalue weighted by molar-refractivity contribution is 6.03. The number of hydrogen-bond donors (Lipinski definition) is 4. The van der Waals surface area contributed by atoms with Gasteiger partial charge in [0.2, 0.25) is 5.91 Å². The number of rotatable bonds is 8. The number of fused-ring (bicyclic) bond motifs is 1. The number of aliphatic hydroxyl groups is 2. The lowest BCUT2D eigenvalue weighted by molar-refractivity contribution is -0.153. The highest BCUT2D eigenvalue weighted by atomic mass is 16.5. The highest BCUT2D eigenvalue weighted by Gasteiger charge is 2.28. The molecule has 3 heterocycles. The topological polar surface area (TPSA) is 137 Å². The molecule has 32 heavy (non-hydrogen) atoms. The molecule has 0 radical (unpaired) electrons. The number of aromatic nitrogens is 2. The number of nitrogens with zero attached hydrogens (tertiary/aromatic N) is 4. The molecule has 2 aliphatic heterocycles. The van der Waals surface area contributed by atoms with Crippen molar-refractivity contribution in [3.05, 3.63) is 35.4 Å². The van der Waals surface area contributed by atoms with Crippen LogP contribution in [0.15, 0.2) is 24.3 Å². The molecule has 4 rings (SSSR count). The molecule has 2 aliphatic rings. The van der Waals surface area contributed by atoms with Gasteiger partial charge in [-0.25, -0.2) is 0 Å². The normalized spacial score (nSPS) is 16.7. The molecule has 172 valence electrons. The molecular formula is C22H30N6O4. The Bertz CT molecular complexity index is 971. The SMILES string of the molecule is CC(O)(O)CCOc1nc(N)c2c(n1)N(Cc1cccc(CN3CCCC3)c1)CC(=O)N2. The molecule has 0 atom stereocenters. The third-order valence-electron chi connectivity index (χ3n) is 5.57. The smallest absolute Gasteiger partial charge is 0.320 e. The van der Waals surface area contributed by atoms with Gasteiger partial charge in [0.15, 0.2) is 17.4 Å². The van der Waals surface area contributed by atoms with Crippen molar-refractivity contribution in [2.75, 3.05) is 42.2 Å². The number of benzene rings is 1. The van der Waals surface area contributed by atoms with Crippen molar-refractivity contribution in [3.8, 4) is 6.01 Å². The molecule has 1 aromatic carbocycles. The van der Waals surface area contributed by atoms with E-state index in [-0.39, 0.29) is 37.3 Å². The van der Waals surface area contributed by atoms with E-state index in [1.54, 1.807) is 0 Å². The number of hydrogen-bond acceptors (Lipinski definition) is 9. The first-order valence-electron chi connectivity index (χ1n) is 10.9. The lowest BCUT2D eigenvalue weighted by atomic mass is 10.1. The third kappa shape index (κ3) is 5.64. The Labute approximate surface area is 187 Å². The number of carbonyl (C=O) groups is 1. The van der Waals surface area contributed by atoms with Gasteiger partial charge in [-0.2, -0.15) is 9.97 Å². The van der Waals surface area contributed by atoms with Crippen LogP contribution in [0.1, 0.15) is 37.3 Å². The molecule has 0 aliphatic carbocycles. The molecule has 2 aromatic rings. The number of carbonyl (C=O) groups excluding carboxylic acids is 1. The van der Waals surface area contributed by atoms with E-state index < -0.39 is 5.79 Å². The molecule has 0 spiro atoms. The number of anilines is 3. The van der Waals surface area contributed by atoms with Gasteiger partial charge < -0.3 is 30.9 Å². The van der Waals surface area contributed by atoms with Gasteiger partial charge in [0, 0.05) is 19.5 Å². The van der Waals surface area contributed by atoms with E-state index in [0.717, 1.165) is 25.2 Å². The Kier molecular flexibility index (Phi) is 6.45. The third-order valence-corrected chi connectivity index (χ3v) is 5.57. The number of nitrogens with two attached hydrogens (primary N) is 1. The van der Waals surface area contributed by atoms with Crippen molar-refractivity contribution in [2.24, 2.45) is 0 Å². The van der Waals surface area contributed by atoms with Gasteiger partial charge in [0.05, 0.1) is 13.2 Å². The van der Waals surface area contributed by atoms with Crippen LogP contribution in [0.4, 0.5) is 17.3 Å². The molecule has 10 heteroatoms. The Morgan fingerprint density at radius 3 is 2.62 bits per heavy atom. The van der Waals surface area contributed by atoms with Crippen LogP contribution in [0.5, 0.6) is 6.01 Å². The van der Waals surface area contributed by atoms with Gasteiger partial charge in [-0.1, -0.05) is 24.3 Å². The largest absolute Gasteiger partial charge is 0.463 e. The van der Waals surface area contributed by atoms with E-state index in [0.29, 0.717) is 18.1 Å². The van der Waals surface area contributed by atoms with Gasteiger partial charge in [-0.05, 0) is 44.0 Å². The molecular weight excluding hydrogens is 412 g/mol. The van der Waals surface area contributed by atoms with E-state index in [9.17, 15) is 15.0 Å². The zero-order valence-corrected chi connectivity index (χ0v) is 18.3. The summed E-state index contributed by atoms with van der Waals surface area (Å²) >= 11 is 0. The first-order chi connectivity index (χ1) is 15.3. The zero-order valence-electron chi connectivity index (χ0n) is 18.3. The van der Waals surface area contributed by atoms with Crippen molar-refractivity contribution in [3.63, 3.8) is 0 Å². The van der Waals surface area contributed by atoms with Crippen molar-refractivity contribution in [2.45, 2.75) is 45.1 Å². The maximum absolute atomic E-state index is 12.3. The molecule has 10 nitrogen and oxygen atoms in total. The number of amides is 1. The minimum absolute atomic E-state index is 0.00658. The lowest BCUT2D eigenvalue weighted by Gasteiger charge is -2.30. The maximum atomic E-state index is 12.3. The van der Waals surface area contributed by atoms with Crippen LogP contribution in [0.25, 0.3) is 0 Å². The average Bonchev–Trinajstić information content (AvgIpc) is 3.21. The quantitative estimate of drug-likeness (QED) is 0.443. The van der Waals surface area contributed by atoms with E-state index in [1.807, 2.05) is 17.0 Å². The Balaban J connectivity index is 1.52. The second-order valence-electron chi connectivity index (χ2n) is 8.61. The van der Waals surface area contributed by atoms with E-state index in [2.05, 4.69) is 32.3 Å². The maximum Gasteiger partial charge on any atom is 0.320 e. The van der Waals surface area contributed by atoms with Crippen LogP contribution >= 0.6 is 0 Å². The predicted octanol–water partition coefficient (Wildman–Crippen LogP) is 1.08. The molecule has 0 saturated carbocycles. The summed E-state index contributed by atoms with van der Waals surface area (Å²) in [6.45, 7) is 5.08. The van der Waals surface area contributed by atoms with Crippen molar-refractivity contribution >= 4 is 23.2 Å². The second-order valence-corrected chi connectivity index (χ2v) is 8.61. The van der Waals surface area contributed by atoms with Crippen molar-refractivity contribution < 1.29 is 19.7 Å². The highest BCUT2D eigenvalue weighted by Crippen LogP contribution is 2.34. The van der Waals surface area contributed by atoms with E-state index >= 15 is 0 Å². The second kappa shape index (κ2) is 9.27. The Morgan fingerprint density at radius 1 is 1.19 bits per heavy atom. The average molecular weight is 443 g/mol. The summed E-state index contributed by atoms with van der Waals surface area (Å²) in [5, 5.41) is 21.6. The first-order valence-corrected chi connectivity index (χ1v) is 10.9. The fourth-order valence-electron chi connectivity index (χ4n) is 4.00. The fourth-order valence-corrected chi connectivity index (χ4v) is 4.00. The fraction of sp³-hybridized carbons (Fsp3) is 0.500. The van der Waals surface area contributed by atoms with E-state index in [1.165, 1.54) is 25.3 Å². The van der Waals surface area contributed by atoms with E-state index in [4.69, 9.17) is 10.5 Å². The Morgan fingerprint density at radius 2 is 1.91 bits per heavy atom. The monoisotopic (exact) mass is 442 g/mol. The molecule has 1 fully saturated rings. The van der Waals surface area contributed by atoms with Gasteiger partial charge in [-0.3, -0.25) is 9.69 Å². The number of ether oxygens (including phenoxy) is 1. The zero-order chi connectivity index (χ0) is 22.7. The molecule has 0 bridgehead atoms. The summed E-state index contributed by atoms with van der Waals surface area (Å²) in [6.07, 6.45) is 2.49. The predicted molar refractivity (Wildman–Crippen MR) is 120 cm³/mol. The lowest BCUT2D eigenvalue weighted by Crippen LogP contribution is -2.39. The molecule has 1 saturated heterocycles. The first kappa shape index (κ1) is 22.3. The summed E-state index contributed by atoms with van der Waals surface area (Å²) in [6, 6.07) is 8.38. The Hall–Kier alpha value is -2.95. The molecule has 1 amide bonds. The van der Waals surface area contributed by atoms with Crippen LogP contribution in [-0.2, 0) is 17.9 Å². The summed E-state index contributed by atoms with van der Waals surface area (Å²) in [5.41, 5.74) is 8.73. The van der Waals surface area contributed by atoms with Crippen LogP contribution in [0, 0.1) is 0 Å². The number of nitrogen functional groups attached to an aromatic ring is 1. The minimum atomic E-state index is -1.85. The summed E-state index contributed by atoms with van der Waals surface area (Å²) in [5.74, 6) is -1.46.